The Morgan fingerprint density at radius 2 is 2.04 bits per heavy atom. The number of methoxy groups -OCH3 is 1. The molecular formula is C16H17BrN2O4S. The third-order valence-electron chi connectivity index (χ3n) is 3.75. The van der Waals surface area contributed by atoms with E-state index < -0.39 is 10.0 Å². The minimum atomic E-state index is -3.61. The number of halogens is 1. The van der Waals surface area contributed by atoms with Crippen molar-refractivity contribution in [1.29, 1.82) is 0 Å². The van der Waals surface area contributed by atoms with E-state index in [4.69, 9.17) is 9.47 Å². The summed E-state index contributed by atoms with van der Waals surface area (Å²) in [5, 5.41) is 0. The number of sulfonamides is 1. The van der Waals surface area contributed by atoms with E-state index in [0.717, 1.165) is 10.0 Å². The highest BCUT2D eigenvalue weighted by atomic mass is 79.9. The Morgan fingerprint density at radius 1 is 1.29 bits per heavy atom. The first-order chi connectivity index (χ1) is 11.4. The molecule has 6 nitrogen and oxygen atoms in total. The Morgan fingerprint density at radius 3 is 2.71 bits per heavy atom. The zero-order chi connectivity index (χ0) is 17.3. The molecule has 0 spiro atoms. The van der Waals surface area contributed by atoms with Crippen LogP contribution in [0.2, 0.25) is 0 Å². The van der Waals surface area contributed by atoms with Crippen LogP contribution in [0.3, 0.4) is 0 Å². The lowest BCUT2D eigenvalue weighted by Crippen LogP contribution is -2.56. The molecule has 1 aliphatic heterocycles. The maximum absolute atomic E-state index is 12.8. The number of nitrogens with zero attached hydrogens (tertiary/aromatic N) is 2. The average Bonchev–Trinajstić information content (AvgIpc) is 2.51. The zero-order valence-electron chi connectivity index (χ0n) is 13.3. The van der Waals surface area contributed by atoms with Crippen LogP contribution in [-0.2, 0) is 10.0 Å². The molecule has 0 saturated carbocycles. The maximum atomic E-state index is 12.8. The van der Waals surface area contributed by atoms with Gasteiger partial charge in [-0.05, 0) is 52.7 Å². The van der Waals surface area contributed by atoms with Crippen molar-refractivity contribution in [3.63, 3.8) is 0 Å². The van der Waals surface area contributed by atoms with Gasteiger partial charge >= 0.3 is 0 Å². The number of benzene rings is 1. The Balaban J connectivity index is 1.73. The summed E-state index contributed by atoms with van der Waals surface area (Å²) in [6, 6.07) is 8.72. The molecule has 2 aromatic rings. The van der Waals surface area contributed by atoms with Gasteiger partial charge < -0.3 is 9.47 Å². The number of hydrogen-bond donors (Lipinski definition) is 0. The normalized spacial score (nSPS) is 15.8. The highest BCUT2D eigenvalue weighted by Gasteiger charge is 2.39. The Labute approximate surface area is 149 Å². The molecule has 0 radical (unpaired) electrons. The first-order valence-corrected chi connectivity index (χ1v) is 9.57. The number of aromatic nitrogens is 1. The second kappa shape index (κ2) is 6.70. The largest absolute Gasteiger partial charge is 0.495 e. The average molecular weight is 413 g/mol. The highest BCUT2D eigenvalue weighted by Crippen LogP contribution is 2.32. The van der Waals surface area contributed by atoms with Gasteiger partial charge in [0.05, 0.1) is 24.7 Å². The molecule has 2 heterocycles. The molecule has 0 atom stereocenters. The Hall–Kier alpha value is -1.64. The molecule has 0 amide bonds. The summed E-state index contributed by atoms with van der Waals surface area (Å²) in [6.45, 7) is 2.41. The third kappa shape index (κ3) is 3.26. The van der Waals surface area contributed by atoms with Crippen molar-refractivity contribution >= 4 is 26.0 Å². The van der Waals surface area contributed by atoms with Gasteiger partial charge in [-0.2, -0.15) is 4.31 Å². The number of rotatable bonds is 5. The molecule has 24 heavy (non-hydrogen) atoms. The number of aryl methyl sites for hydroxylation is 1. The van der Waals surface area contributed by atoms with Crippen LogP contribution < -0.4 is 9.47 Å². The fourth-order valence-electron chi connectivity index (χ4n) is 2.41. The third-order valence-corrected chi connectivity index (χ3v) is 6.21. The molecule has 128 valence electrons. The van der Waals surface area contributed by atoms with Gasteiger partial charge in [-0.1, -0.05) is 6.07 Å². The van der Waals surface area contributed by atoms with Gasteiger partial charge in [0.1, 0.15) is 16.7 Å². The smallest absolute Gasteiger partial charge is 0.247 e. The number of ether oxygens (including phenoxy) is 2. The molecule has 0 unspecified atom stereocenters. The van der Waals surface area contributed by atoms with Crippen LogP contribution in [0.25, 0.3) is 0 Å². The van der Waals surface area contributed by atoms with Crippen molar-refractivity contribution in [1.82, 2.24) is 9.29 Å². The highest BCUT2D eigenvalue weighted by molar-refractivity contribution is 9.10. The van der Waals surface area contributed by atoms with E-state index in [-0.39, 0.29) is 24.1 Å². The minimum absolute atomic E-state index is 0.183. The van der Waals surface area contributed by atoms with E-state index in [2.05, 4.69) is 20.9 Å². The van der Waals surface area contributed by atoms with E-state index >= 15 is 0 Å². The van der Waals surface area contributed by atoms with Gasteiger partial charge in [-0.3, -0.25) is 0 Å². The van der Waals surface area contributed by atoms with Gasteiger partial charge in [0, 0.05) is 6.20 Å². The summed E-state index contributed by atoms with van der Waals surface area (Å²) in [4.78, 5) is 4.31. The summed E-state index contributed by atoms with van der Waals surface area (Å²) in [5.74, 6) is 0.810. The topological polar surface area (TPSA) is 68.7 Å². The van der Waals surface area contributed by atoms with Crippen LogP contribution in [0, 0.1) is 6.92 Å². The quantitative estimate of drug-likeness (QED) is 0.754. The summed E-state index contributed by atoms with van der Waals surface area (Å²) >= 11 is 3.36. The monoisotopic (exact) mass is 412 g/mol. The summed E-state index contributed by atoms with van der Waals surface area (Å²) < 4.78 is 38.6. The summed E-state index contributed by atoms with van der Waals surface area (Å²) in [5.41, 5.74) is 0.861. The molecule has 8 heteroatoms. The van der Waals surface area contributed by atoms with Gasteiger partial charge in [0.15, 0.2) is 0 Å². The minimum Gasteiger partial charge on any atom is -0.495 e. The van der Waals surface area contributed by atoms with Crippen LogP contribution in [0.5, 0.6) is 11.6 Å². The van der Waals surface area contributed by atoms with Crippen molar-refractivity contribution < 1.29 is 17.9 Å². The lowest BCUT2D eigenvalue weighted by Gasteiger charge is -2.37. The van der Waals surface area contributed by atoms with E-state index in [1.807, 2.05) is 19.1 Å². The summed E-state index contributed by atoms with van der Waals surface area (Å²) in [6.07, 6.45) is 1.41. The lowest BCUT2D eigenvalue weighted by atomic mass is 10.2. The van der Waals surface area contributed by atoms with Crippen LogP contribution in [-0.4, -0.2) is 44.0 Å². The predicted octanol–water partition coefficient (Wildman–Crippen LogP) is 2.61. The molecule has 0 bridgehead atoms. The van der Waals surface area contributed by atoms with Crippen molar-refractivity contribution in [3.8, 4) is 11.6 Å². The fraction of sp³-hybridized carbons (Fsp3) is 0.312. The fourth-order valence-corrected chi connectivity index (χ4v) is 4.50. The van der Waals surface area contributed by atoms with E-state index in [0.29, 0.717) is 11.6 Å². The van der Waals surface area contributed by atoms with Gasteiger partial charge in [-0.15, -0.1) is 0 Å². The Bertz CT molecular complexity index is 851. The van der Waals surface area contributed by atoms with Gasteiger partial charge in [0.2, 0.25) is 15.9 Å². The molecule has 0 aliphatic carbocycles. The van der Waals surface area contributed by atoms with Gasteiger partial charge in [0.25, 0.3) is 0 Å². The van der Waals surface area contributed by atoms with E-state index in [1.165, 1.54) is 11.4 Å². The zero-order valence-corrected chi connectivity index (χ0v) is 15.7. The standard InChI is InChI=1S/C16H17BrN2O4S/c1-11-5-6-14(22-2)15(8-11)24(20,21)19-9-12(10-19)23-16-13(17)4-3-7-18-16/h3-8,12H,9-10H2,1-2H3. The van der Waals surface area contributed by atoms with Crippen molar-refractivity contribution in [3.05, 3.63) is 46.6 Å². The van der Waals surface area contributed by atoms with Crippen molar-refractivity contribution in [2.45, 2.75) is 17.9 Å². The second-order valence-corrected chi connectivity index (χ2v) is 8.27. The second-order valence-electron chi connectivity index (χ2n) is 5.51. The SMILES string of the molecule is COc1ccc(C)cc1S(=O)(=O)N1CC(Oc2ncccc2Br)C1. The predicted molar refractivity (Wildman–Crippen MR) is 92.8 cm³/mol. The molecule has 1 fully saturated rings. The summed E-state index contributed by atoms with van der Waals surface area (Å²) in [7, 11) is -2.14. The molecule has 1 aliphatic rings. The van der Waals surface area contributed by atoms with E-state index in [9.17, 15) is 8.42 Å². The maximum Gasteiger partial charge on any atom is 0.247 e. The van der Waals surface area contributed by atoms with E-state index in [1.54, 1.807) is 24.4 Å². The molecule has 1 aromatic heterocycles. The van der Waals surface area contributed by atoms with Crippen LogP contribution in [0.1, 0.15) is 5.56 Å². The van der Waals surface area contributed by atoms with Crippen molar-refractivity contribution in [2.24, 2.45) is 0 Å². The first-order valence-electron chi connectivity index (χ1n) is 7.34. The first kappa shape index (κ1) is 17.2. The molecule has 0 N–H and O–H groups in total. The lowest BCUT2D eigenvalue weighted by molar-refractivity contribution is 0.0712. The van der Waals surface area contributed by atoms with Crippen molar-refractivity contribution in [2.75, 3.05) is 20.2 Å². The van der Waals surface area contributed by atoms with Crippen LogP contribution in [0.15, 0.2) is 45.9 Å². The molecule has 3 rings (SSSR count). The molecule has 1 saturated heterocycles. The molecule has 1 aromatic carbocycles. The van der Waals surface area contributed by atoms with Crippen LogP contribution in [0.4, 0.5) is 0 Å². The number of pyridine rings is 1. The van der Waals surface area contributed by atoms with Gasteiger partial charge in [-0.25, -0.2) is 13.4 Å². The molecular weight excluding hydrogens is 396 g/mol. The number of hydrogen-bond acceptors (Lipinski definition) is 5. The Kier molecular flexibility index (Phi) is 4.80. The van der Waals surface area contributed by atoms with Crippen LogP contribution >= 0.6 is 15.9 Å².